The molecule has 0 aliphatic carbocycles. The van der Waals surface area contributed by atoms with Crippen molar-refractivity contribution in [3.8, 4) is 0 Å². The molecule has 4 rings (SSSR count). The van der Waals surface area contributed by atoms with Gasteiger partial charge in [-0.15, -0.1) is 35.5 Å². The van der Waals surface area contributed by atoms with Crippen LogP contribution in [0.2, 0.25) is 0 Å². The molecule has 1 amide bonds. The number of hydrogen-bond donors (Lipinski definition) is 2. The Morgan fingerprint density at radius 2 is 2.04 bits per heavy atom. The van der Waals surface area contributed by atoms with E-state index in [-0.39, 0.29) is 24.4 Å². The summed E-state index contributed by atoms with van der Waals surface area (Å²) in [6, 6.07) is 12.3. The number of piperidine rings is 1. The van der Waals surface area contributed by atoms with Crippen LogP contribution >= 0.6 is 35.5 Å². The van der Waals surface area contributed by atoms with Crippen LogP contribution in [0.25, 0.3) is 11.0 Å². The molecule has 0 unspecified atom stereocenters. The van der Waals surface area contributed by atoms with Crippen LogP contribution in [0.4, 0.5) is 0 Å². The summed E-state index contributed by atoms with van der Waals surface area (Å²) < 4.78 is 7.18. The van der Waals surface area contributed by atoms with E-state index in [1.807, 2.05) is 30.3 Å². The molecule has 138 valence electrons. The second kappa shape index (κ2) is 8.95. The monoisotopic (exact) mass is 408 g/mol. The van der Waals surface area contributed by atoms with Gasteiger partial charge in [0.05, 0.1) is 4.21 Å². The first kappa shape index (κ1) is 19.3. The maximum absolute atomic E-state index is 12.8. The molecule has 1 saturated heterocycles. The summed E-state index contributed by atoms with van der Waals surface area (Å²) in [6.45, 7) is 1.90. The minimum absolute atomic E-state index is 0. The molecule has 4 nitrogen and oxygen atoms in total. The highest BCUT2D eigenvalue weighted by molar-refractivity contribution is 8.00. The molecule has 1 aliphatic heterocycles. The Bertz CT molecular complexity index is 858. The summed E-state index contributed by atoms with van der Waals surface area (Å²) in [7, 11) is 0. The van der Waals surface area contributed by atoms with Crippen molar-refractivity contribution in [3.05, 3.63) is 53.1 Å². The number of fused-ring (bicyclic) bond motifs is 1. The summed E-state index contributed by atoms with van der Waals surface area (Å²) in [4.78, 5) is 12.8. The summed E-state index contributed by atoms with van der Waals surface area (Å²) in [5.74, 6) is 1.10. The fourth-order valence-corrected chi connectivity index (χ4v) is 4.94. The zero-order chi connectivity index (χ0) is 17.1. The SMILES string of the molecule is Cl.O=C(NC1CCNCC1)c1oc2ccccc2c1CSc1cccs1. The van der Waals surface area contributed by atoms with E-state index in [4.69, 9.17) is 4.42 Å². The van der Waals surface area contributed by atoms with Gasteiger partial charge in [-0.25, -0.2) is 0 Å². The maximum Gasteiger partial charge on any atom is 0.287 e. The molecule has 1 aromatic carbocycles. The van der Waals surface area contributed by atoms with Crippen molar-refractivity contribution < 1.29 is 9.21 Å². The van der Waals surface area contributed by atoms with E-state index in [0.717, 1.165) is 48.2 Å². The number of thioether (sulfide) groups is 1. The number of rotatable bonds is 5. The van der Waals surface area contributed by atoms with Crippen LogP contribution in [0.5, 0.6) is 0 Å². The normalized spacial score (nSPS) is 14.9. The number of carbonyl (C=O) groups excluding carboxylic acids is 1. The van der Waals surface area contributed by atoms with E-state index in [9.17, 15) is 4.79 Å². The standard InChI is InChI=1S/C19H20N2O2S2.ClH/c22-19(21-13-7-9-20-10-8-13)18-15(12-25-17-6-3-11-24-17)14-4-1-2-5-16(14)23-18;/h1-6,11,13,20H,7-10,12H2,(H,21,22);1H. The van der Waals surface area contributed by atoms with Gasteiger partial charge in [0, 0.05) is 22.7 Å². The third kappa shape index (κ3) is 4.26. The third-order valence-electron chi connectivity index (χ3n) is 4.43. The van der Waals surface area contributed by atoms with Crippen LogP contribution in [0, 0.1) is 0 Å². The fourth-order valence-electron chi connectivity index (χ4n) is 3.13. The predicted molar refractivity (Wildman–Crippen MR) is 111 cm³/mol. The fraction of sp³-hybridized carbons (Fsp3) is 0.316. The average molecular weight is 409 g/mol. The Morgan fingerprint density at radius 3 is 2.81 bits per heavy atom. The lowest BCUT2D eigenvalue weighted by atomic mass is 10.1. The molecule has 0 radical (unpaired) electrons. The number of carbonyl (C=O) groups is 1. The lowest BCUT2D eigenvalue weighted by molar-refractivity contribution is 0.0902. The van der Waals surface area contributed by atoms with Gasteiger partial charge >= 0.3 is 0 Å². The highest BCUT2D eigenvalue weighted by Gasteiger charge is 2.23. The van der Waals surface area contributed by atoms with Crippen molar-refractivity contribution in [2.24, 2.45) is 0 Å². The molecule has 3 aromatic rings. The molecule has 3 heterocycles. The van der Waals surface area contributed by atoms with E-state index in [1.165, 1.54) is 4.21 Å². The highest BCUT2D eigenvalue weighted by atomic mass is 35.5. The Hall–Kier alpha value is -1.47. The summed E-state index contributed by atoms with van der Waals surface area (Å²) in [5.41, 5.74) is 1.76. The molecule has 2 N–H and O–H groups in total. The Kier molecular flexibility index (Phi) is 6.64. The third-order valence-corrected chi connectivity index (χ3v) is 6.59. The largest absolute Gasteiger partial charge is 0.451 e. The molecular formula is C19H21ClN2O2S2. The van der Waals surface area contributed by atoms with Gasteiger partial charge in [0.15, 0.2) is 5.76 Å². The van der Waals surface area contributed by atoms with E-state index in [2.05, 4.69) is 22.1 Å². The zero-order valence-corrected chi connectivity index (χ0v) is 16.6. The molecule has 0 saturated carbocycles. The minimum atomic E-state index is -0.0927. The van der Waals surface area contributed by atoms with Gasteiger partial charge in [0.25, 0.3) is 5.91 Å². The molecule has 0 spiro atoms. The van der Waals surface area contributed by atoms with Gasteiger partial charge < -0.3 is 15.1 Å². The van der Waals surface area contributed by atoms with Gasteiger partial charge in [-0.05, 0) is 43.4 Å². The molecule has 0 bridgehead atoms. The van der Waals surface area contributed by atoms with Crippen molar-refractivity contribution in [3.63, 3.8) is 0 Å². The first-order valence-corrected chi connectivity index (χ1v) is 10.4. The van der Waals surface area contributed by atoms with Gasteiger partial charge in [-0.3, -0.25) is 4.79 Å². The number of furan rings is 1. The van der Waals surface area contributed by atoms with Crippen LogP contribution in [0.15, 0.2) is 50.4 Å². The molecule has 26 heavy (non-hydrogen) atoms. The van der Waals surface area contributed by atoms with Crippen LogP contribution in [0.3, 0.4) is 0 Å². The summed E-state index contributed by atoms with van der Waals surface area (Å²) >= 11 is 3.46. The van der Waals surface area contributed by atoms with Gasteiger partial charge in [0.2, 0.25) is 0 Å². The van der Waals surface area contributed by atoms with E-state index in [1.54, 1.807) is 23.1 Å². The topological polar surface area (TPSA) is 54.3 Å². The van der Waals surface area contributed by atoms with E-state index in [0.29, 0.717) is 5.76 Å². The number of benzene rings is 1. The Balaban J connectivity index is 0.00000196. The molecule has 7 heteroatoms. The quantitative estimate of drug-likeness (QED) is 0.601. The van der Waals surface area contributed by atoms with Crippen molar-refractivity contribution >= 4 is 52.4 Å². The van der Waals surface area contributed by atoms with Crippen LogP contribution in [-0.2, 0) is 5.75 Å². The number of nitrogens with one attached hydrogen (secondary N) is 2. The van der Waals surface area contributed by atoms with Crippen molar-refractivity contribution in [1.29, 1.82) is 0 Å². The molecule has 2 aromatic heterocycles. The predicted octanol–water partition coefficient (Wildman–Crippen LogP) is 4.69. The molecule has 1 fully saturated rings. The van der Waals surface area contributed by atoms with Crippen LogP contribution in [-0.4, -0.2) is 25.0 Å². The molecule has 1 aliphatic rings. The zero-order valence-electron chi connectivity index (χ0n) is 14.2. The highest BCUT2D eigenvalue weighted by Crippen LogP contribution is 2.33. The van der Waals surface area contributed by atoms with Crippen LogP contribution in [0.1, 0.15) is 29.0 Å². The van der Waals surface area contributed by atoms with Crippen LogP contribution < -0.4 is 10.6 Å². The Morgan fingerprint density at radius 1 is 1.23 bits per heavy atom. The second-order valence-corrected chi connectivity index (χ2v) is 8.35. The maximum atomic E-state index is 12.8. The minimum Gasteiger partial charge on any atom is -0.451 e. The number of thiophene rings is 1. The van der Waals surface area contributed by atoms with Crippen molar-refractivity contribution in [1.82, 2.24) is 10.6 Å². The van der Waals surface area contributed by atoms with E-state index >= 15 is 0 Å². The number of para-hydroxylation sites is 1. The van der Waals surface area contributed by atoms with Gasteiger partial charge in [-0.2, -0.15) is 0 Å². The Labute approximate surface area is 167 Å². The molecule has 0 atom stereocenters. The van der Waals surface area contributed by atoms with Gasteiger partial charge in [0.1, 0.15) is 5.58 Å². The number of halogens is 1. The molecular weight excluding hydrogens is 388 g/mol. The summed E-state index contributed by atoms with van der Waals surface area (Å²) in [6.07, 6.45) is 1.93. The van der Waals surface area contributed by atoms with Crippen molar-refractivity contribution in [2.45, 2.75) is 28.8 Å². The number of amides is 1. The smallest absolute Gasteiger partial charge is 0.287 e. The lowest BCUT2D eigenvalue weighted by Gasteiger charge is -2.23. The van der Waals surface area contributed by atoms with Crippen molar-refractivity contribution in [2.75, 3.05) is 13.1 Å². The first-order chi connectivity index (χ1) is 12.3. The van der Waals surface area contributed by atoms with Gasteiger partial charge in [-0.1, -0.05) is 24.3 Å². The summed E-state index contributed by atoms with van der Waals surface area (Å²) in [5, 5.41) is 9.57. The first-order valence-electron chi connectivity index (χ1n) is 8.49. The number of hydrogen-bond acceptors (Lipinski definition) is 5. The second-order valence-electron chi connectivity index (χ2n) is 6.12. The lowest BCUT2D eigenvalue weighted by Crippen LogP contribution is -2.42. The van der Waals surface area contributed by atoms with E-state index < -0.39 is 0 Å². The average Bonchev–Trinajstić information content (AvgIpc) is 3.28.